The second-order valence-corrected chi connectivity index (χ2v) is 9.38. The number of benzene rings is 1. The maximum atomic E-state index is 13.9. The number of hydrogen-bond donors (Lipinski definition) is 0. The van der Waals surface area contributed by atoms with Crippen LogP contribution in [-0.4, -0.2) is 50.9 Å². The molecule has 0 spiro atoms. The molecule has 1 amide bonds. The molecule has 4 aromatic rings. The van der Waals surface area contributed by atoms with Gasteiger partial charge >= 0.3 is 0 Å². The number of hydrogen-bond acceptors (Lipinski definition) is 5. The average molecular weight is 502 g/mol. The monoisotopic (exact) mass is 501 g/mol. The van der Waals surface area contributed by atoms with Crippen molar-refractivity contribution in [3.63, 3.8) is 0 Å². The molecule has 1 atom stereocenters. The van der Waals surface area contributed by atoms with Crippen molar-refractivity contribution in [2.75, 3.05) is 24.5 Å². The Balaban J connectivity index is 1.44. The van der Waals surface area contributed by atoms with E-state index < -0.39 is 0 Å². The van der Waals surface area contributed by atoms with Gasteiger partial charge in [-0.1, -0.05) is 48.6 Å². The zero-order valence-electron chi connectivity index (χ0n) is 20.4. The first-order valence-electron chi connectivity index (χ1n) is 12.0. The first-order chi connectivity index (χ1) is 17.5. The molecule has 1 aliphatic heterocycles. The highest BCUT2D eigenvalue weighted by Crippen LogP contribution is 2.28. The molecule has 8 heteroatoms. The van der Waals surface area contributed by atoms with Crippen LogP contribution < -0.4 is 4.90 Å². The van der Waals surface area contributed by atoms with Crippen molar-refractivity contribution < 1.29 is 9.21 Å². The van der Waals surface area contributed by atoms with Gasteiger partial charge in [-0.15, -0.1) is 0 Å². The van der Waals surface area contributed by atoms with E-state index in [1.807, 2.05) is 64.9 Å². The highest BCUT2D eigenvalue weighted by atomic mass is 35.5. The molecular formula is C28H28ClN5O2. The number of carbonyl (C=O) groups excluding carboxylic acids is 1. The Hall–Kier alpha value is -3.84. The molecule has 0 saturated carbocycles. The second kappa shape index (κ2) is 10.0. The van der Waals surface area contributed by atoms with Crippen LogP contribution in [0.25, 0.3) is 22.3 Å². The Labute approximate surface area is 215 Å². The van der Waals surface area contributed by atoms with Gasteiger partial charge in [0.25, 0.3) is 11.9 Å². The summed E-state index contributed by atoms with van der Waals surface area (Å²) in [5.41, 5.74) is 4.37. The van der Waals surface area contributed by atoms with Crippen molar-refractivity contribution in [1.29, 1.82) is 0 Å². The normalized spacial score (nSPS) is 17.3. The predicted molar refractivity (Wildman–Crippen MR) is 145 cm³/mol. The number of anilines is 1. The number of pyridine rings is 1. The molecular weight excluding hydrogens is 474 g/mol. The lowest BCUT2D eigenvalue weighted by molar-refractivity contribution is 0.0699. The Kier molecular flexibility index (Phi) is 6.65. The minimum absolute atomic E-state index is 0.0314. The second-order valence-electron chi connectivity index (χ2n) is 8.94. The number of oxazole rings is 1. The standard InChI is InChI=1S/C28H28ClN5O2/c1-4-5-6-9-19(2)26-25(31-24-10-7-8-14-34(24)26)27(35)33-17-16-32(15-13-20(33)3)28-30-22-18-21(29)11-12-23(22)36-28/h4-12,14,18,20H,1,13,15-17H2,2-3H3/b6-5-,19-9+. The van der Waals surface area contributed by atoms with Crippen molar-refractivity contribution in [2.45, 2.75) is 26.3 Å². The van der Waals surface area contributed by atoms with Crippen LogP contribution in [0.5, 0.6) is 0 Å². The third-order valence-corrected chi connectivity index (χ3v) is 6.76. The highest BCUT2D eigenvalue weighted by molar-refractivity contribution is 6.31. The molecule has 7 nitrogen and oxygen atoms in total. The van der Waals surface area contributed by atoms with Gasteiger partial charge in [-0.2, -0.15) is 4.98 Å². The number of fused-ring (bicyclic) bond motifs is 2. The number of nitrogens with zero attached hydrogens (tertiary/aromatic N) is 5. The Morgan fingerprint density at radius 1 is 1.17 bits per heavy atom. The number of rotatable bonds is 5. The molecule has 5 rings (SSSR count). The topological polar surface area (TPSA) is 66.9 Å². The van der Waals surface area contributed by atoms with Crippen LogP contribution in [0.15, 0.2) is 77.9 Å². The summed E-state index contributed by atoms with van der Waals surface area (Å²) in [5.74, 6) is -0.0761. The van der Waals surface area contributed by atoms with E-state index in [4.69, 9.17) is 21.0 Å². The van der Waals surface area contributed by atoms with E-state index in [-0.39, 0.29) is 11.9 Å². The summed E-state index contributed by atoms with van der Waals surface area (Å²) in [6.45, 7) is 9.67. The molecule has 1 aliphatic rings. The van der Waals surface area contributed by atoms with Gasteiger partial charge in [0, 0.05) is 36.9 Å². The summed E-state index contributed by atoms with van der Waals surface area (Å²) in [5, 5.41) is 0.621. The zero-order valence-corrected chi connectivity index (χ0v) is 21.2. The molecule has 1 saturated heterocycles. The van der Waals surface area contributed by atoms with Crippen LogP contribution in [0.1, 0.15) is 36.5 Å². The van der Waals surface area contributed by atoms with Gasteiger partial charge in [0.05, 0.1) is 5.69 Å². The minimum atomic E-state index is -0.0761. The van der Waals surface area contributed by atoms with E-state index >= 15 is 0 Å². The Bertz CT molecular complexity index is 1500. The lowest BCUT2D eigenvalue weighted by Crippen LogP contribution is -2.40. The maximum Gasteiger partial charge on any atom is 0.298 e. The number of carbonyl (C=O) groups is 1. The quantitative estimate of drug-likeness (QED) is 0.313. The molecule has 4 heterocycles. The smallest absolute Gasteiger partial charge is 0.298 e. The molecule has 0 N–H and O–H groups in total. The van der Waals surface area contributed by atoms with E-state index in [2.05, 4.69) is 23.4 Å². The highest BCUT2D eigenvalue weighted by Gasteiger charge is 2.31. The van der Waals surface area contributed by atoms with Crippen LogP contribution in [0.4, 0.5) is 6.01 Å². The summed E-state index contributed by atoms with van der Waals surface area (Å²) >= 11 is 6.11. The molecule has 1 fully saturated rings. The third-order valence-electron chi connectivity index (χ3n) is 6.53. The molecule has 0 radical (unpaired) electrons. The van der Waals surface area contributed by atoms with Crippen LogP contribution >= 0.6 is 11.6 Å². The first kappa shape index (κ1) is 23.9. The van der Waals surface area contributed by atoms with E-state index in [9.17, 15) is 4.79 Å². The Morgan fingerprint density at radius 2 is 2.03 bits per heavy atom. The third kappa shape index (κ3) is 4.54. The van der Waals surface area contributed by atoms with Crippen molar-refractivity contribution >= 4 is 45.8 Å². The fourth-order valence-corrected chi connectivity index (χ4v) is 4.76. The number of amides is 1. The number of imidazole rings is 1. The van der Waals surface area contributed by atoms with Gasteiger partial charge in [-0.3, -0.25) is 9.20 Å². The van der Waals surface area contributed by atoms with Gasteiger partial charge in [-0.05, 0) is 56.2 Å². The van der Waals surface area contributed by atoms with Crippen LogP contribution in [0.2, 0.25) is 5.02 Å². The molecule has 1 unspecified atom stereocenters. The van der Waals surface area contributed by atoms with Crippen LogP contribution in [0, 0.1) is 0 Å². The molecule has 1 aromatic carbocycles. The van der Waals surface area contributed by atoms with E-state index in [0.29, 0.717) is 35.4 Å². The minimum Gasteiger partial charge on any atom is -0.423 e. The van der Waals surface area contributed by atoms with Crippen LogP contribution in [0.3, 0.4) is 0 Å². The fraction of sp³-hybridized carbons (Fsp3) is 0.250. The summed E-state index contributed by atoms with van der Waals surface area (Å²) in [6.07, 6.45) is 10.2. The lowest BCUT2D eigenvalue weighted by Gasteiger charge is -2.26. The summed E-state index contributed by atoms with van der Waals surface area (Å²) in [6, 6.07) is 11.8. The summed E-state index contributed by atoms with van der Waals surface area (Å²) < 4.78 is 7.96. The summed E-state index contributed by atoms with van der Waals surface area (Å²) in [7, 11) is 0. The van der Waals surface area contributed by atoms with Crippen molar-refractivity contribution in [3.8, 4) is 0 Å². The fourth-order valence-electron chi connectivity index (χ4n) is 4.59. The van der Waals surface area contributed by atoms with E-state index in [1.54, 1.807) is 18.2 Å². The zero-order chi connectivity index (χ0) is 25.2. The van der Waals surface area contributed by atoms with Gasteiger partial charge in [0.2, 0.25) is 0 Å². The van der Waals surface area contributed by atoms with Crippen molar-refractivity contribution in [2.24, 2.45) is 0 Å². The Morgan fingerprint density at radius 3 is 2.86 bits per heavy atom. The van der Waals surface area contributed by atoms with Gasteiger partial charge in [-0.25, -0.2) is 4.98 Å². The lowest BCUT2D eigenvalue weighted by atomic mass is 10.1. The number of aromatic nitrogens is 3. The van der Waals surface area contributed by atoms with E-state index in [1.165, 1.54) is 0 Å². The predicted octanol–water partition coefficient (Wildman–Crippen LogP) is 6.02. The number of allylic oxidation sites excluding steroid dienone is 5. The van der Waals surface area contributed by atoms with E-state index in [0.717, 1.165) is 35.4 Å². The maximum absolute atomic E-state index is 13.9. The molecule has 36 heavy (non-hydrogen) atoms. The summed E-state index contributed by atoms with van der Waals surface area (Å²) in [4.78, 5) is 27.3. The molecule has 3 aromatic heterocycles. The van der Waals surface area contributed by atoms with Crippen molar-refractivity contribution in [1.82, 2.24) is 19.3 Å². The van der Waals surface area contributed by atoms with Gasteiger partial charge in [0.1, 0.15) is 11.2 Å². The largest absolute Gasteiger partial charge is 0.423 e. The van der Waals surface area contributed by atoms with Crippen LogP contribution in [-0.2, 0) is 0 Å². The number of halogens is 1. The molecule has 184 valence electrons. The van der Waals surface area contributed by atoms with Gasteiger partial charge < -0.3 is 14.2 Å². The van der Waals surface area contributed by atoms with Crippen molar-refractivity contribution in [3.05, 3.63) is 89.9 Å². The molecule has 0 bridgehead atoms. The first-order valence-corrected chi connectivity index (χ1v) is 12.4. The van der Waals surface area contributed by atoms with Gasteiger partial charge in [0.15, 0.2) is 11.3 Å². The SMILES string of the molecule is C=C/C=C\C=C(/C)c1c(C(=O)N2CCN(c3nc4cc(Cl)ccc4o3)CCC2C)nc2ccccn12. The average Bonchev–Trinajstić information content (AvgIpc) is 3.41. The molecule has 0 aliphatic carbocycles.